The first-order chi connectivity index (χ1) is 5.69. The quantitative estimate of drug-likeness (QED) is 0.612. The average Bonchev–Trinajstić information content (AvgIpc) is 2.45. The highest BCUT2D eigenvalue weighted by molar-refractivity contribution is 9.08. The highest BCUT2D eigenvalue weighted by atomic mass is 79.9. The zero-order valence-corrected chi connectivity index (χ0v) is 9.29. The maximum Gasteiger partial charge on any atom is 0.350 e. The molecule has 1 rings (SSSR count). The molecule has 0 N–H and O–H groups in total. The molecule has 1 aromatic rings. The topological polar surface area (TPSA) is 39.2 Å². The van der Waals surface area contributed by atoms with E-state index in [0.717, 1.165) is 11.3 Å². The summed E-state index contributed by atoms with van der Waals surface area (Å²) >= 11 is 9.94. The zero-order valence-electron chi connectivity index (χ0n) is 6.13. The molecule has 0 aliphatic heterocycles. The number of hydrogen-bond donors (Lipinski definition) is 0. The standard InChI is InChI=1S/C6H5BrClNO2S/c1-11-5(10)4-3(2-7)9-6(8)12-4/h2H2,1H3. The van der Waals surface area contributed by atoms with Crippen molar-refractivity contribution < 1.29 is 9.53 Å². The maximum absolute atomic E-state index is 11.1. The van der Waals surface area contributed by atoms with Gasteiger partial charge in [-0.1, -0.05) is 38.9 Å². The molecule has 0 saturated heterocycles. The van der Waals surface area contributed by atoms with Crippen LogP contribution in [0.1, 0.15) is 15.4 Å². The lowest BCUT2D eigenvalue weighted by atomic mass is 10.4. The summed E-state index contributed by atoms with van der Waals surface area (Å²) in [4.78, 5) is 15.5. The van der Waals surface area contributed by atoms with Crippen LogP contribution in [0.5, 0.6) is 0 Å². The molecule has 0 aliphatic carbocycles. The molecular weight excluding hydrogens is 265 g/mol. The fourth-order valence-corrected chi connectivity index (χ4v) is 2.32. The molecule has 0 amide bonds. The molecule has 0 spiro atoms. The number of aromatic nitrogens is 1. The van der Waals surface area contributed by atoms with Crippen LogP contribution >= 0.6 is 38.9 Å². The molecule has 0 saturated carbocycles. The van der Waals surface area contributed by atoms with Crippen LogP contribution < -0.4 is 0 Å². The Morgan fingerprint density at radius 2 is 2.50 bits per heavy atom. The van der Waals surface area contributed by atoms with Crippen molar-refractivity contribution in [2.45, 2.75) is 5.33 Å². The fraction of sp³-hybridized carbons (Fsp3) is 0.333. The maximum atomic E-state index is 11.1. The van der Waals surface area contributed by atoms with E-state index in [-0.39, 0.29) is 0 Å². The predicted molar refractivity (Wildman–Crippen MR) is 51.1 cm³/mol. The average molecular weight is 271 g/mol. The first-order valence-electron chi connectivity index (χ1n) is 2.98. The Labute approximate surface area is 86.8 Å². The lowest BCUT2D eigenvalue weighted by molar-refractivity contribution is 0.0605. The van der Waals surface area contributed by atoms with Crippen molar-refractivity contribution in [3.05, 3.63) is 15.0 Å². The van der Waals surface area contributed by atoms with Crippen molar-refractivity contribution in [1.29, 1.82) is 0 Å². The number of nitrogens with zero attached hydrogens (tertiary/aromatic N) is 1. The number of esters is 1. The summed E-state index contributed by atoms with van der Waals surface area (Å²) in [5.41, 5.74) is 0.622. The van der Waals surface area contributed by atoms with Crippen LogP contribution in [0, 0.1) is 0 Å². The minimum absolute atomic E-state index is 0.352. The third-order valence-corrected chi connectivity index (χ3v) is 2.88. The highest BCUT2D eigenvalue weighted by Crippen LogP contribution is 2.24. The number of carbonyl (C=O) groups is 1. The minimum Gasteiger partial charge on any atom is -0.465 e. The molecule has 0 aromatic carbocycles. The third kappa shape index (κ3) is 1.97. The Bertz CT molecular complexity index is 302. The predicted octanol–water partition coefficient (Wildman–Crippen LogP) is 2.48. The summed E-state index contributed by atoms with van der Waals surface area (Å²) < 4.78 is 4.90. The minimum atomic E-state index is -0.395. The molecule has 1 heterocycles. The molecule has 3 nitrogen and oxygen atoms in total. The van der Waals surface area contributed by atoms with Gasteiger partial charge in [0.1, 0.15) is 4.88 Å². The highest BCUT2D eigenvalue weighted by Gasteiger charge is 2.16. The van der Waals surface area contributed by atoms with Crippen molar-refractivity contribution in [2.24, 2.45) is 0 Å². The van der Waals surface area contributed by atoms with Gasteiger partial charge in [0.2, 0.25) is 0 Å². The van der Waals surface area contributed by atoms with Gasteiger partial charge in [-0.2, -0.15) is 0 Å². The van der Waals surface area contributed by atoms with Crippen molar-refractivity contribution >= 4 is 44.8 Å². The van der Waals surface area contributed by atoms with E-state index in [9.17, 15) is 4.79 Å². The van der Waals surface area contributed by atoms with E-state index in [0.29, 0.717) is 20.4 Å². The molecule has 6 heteroatoms. The van der Waals surface area contributed by atoms with Crippen LogP contribution in [0.2, 0.25) is 4.47 Å². The number of carbonyl (C=O) groups excluding carboxylic acids is 1. The van der Waals surface area contributed by atoms with E-state index >= 15 is 0 Å². The van der Waals surface area contributed by atoms with Crippen LogP contribution in [-0.4, -0.2) is 18.1 Å². The third-order valence-electron chi connectivity index (χ3n) is 1.17. The van der Waals surface area contributed by atoms with E-state index in [2.05, 4.69) is 25.7 Å². The lowest BCUT2D eigenvalue weighted by Crippen LogP contribution is -2.01. The summed E-state index contributed by atoms with van der Waals surface area (Å²) in [5.74, 6) is -0.395. The van der Waals surface area contributed by atoms with E-state index in [4.69, 9.17) is 11.6 Å². The van der Waals surface area contributed by atoms with Gasteiger partial charge in [0.15, 0.2) is 4.47 Å². The Hall–Kier alpha value is -0.130. The van der Waals surface area contributed by atoms with Crippen LogP contribution in [0.3, 0.4) is 0 Å². The largest absolute Gasteiger partial charge is 0.465 e. The lowest BCUT2D eigenvalue weighted by Gasteiger charge is -1.94. The van der Waals surface area contributed by atoms with E-state index in [1.54, 1.807) is 0 Å². The van der Waals surface area contributed by atoms with Gasteiger partial charge in [0.25, 0.3) is 0 Å². The first-order valence-corrected chi connectivity index (χ1v) is 5.30. The number of rotatable bonds is 2. The van der Waals surface area contributed by atoms with Gasteiger partial charge in [0.05, 0.1) is 12.8 Å². The smallest absolute Gasteiger partial charge is 0.350 e. The molecule has 0 aliphatic rings. The van der Waals surface area contributed by atoms with Crippen LogP contribution in [0.4, 0.5) is 0 Å². The van der Waals surface area contributed by atoms with Gasteiger partial charge < -0.3 is 4.74 Å². The number of alkyl halides is 1. The monoisotopic (exact) mass is 269 g/mol. The summed E-state index contributed by atoms with van der Waals surface area (Å²) in [5, 5.41) is 0.501. The second kappa shape index (κ2) is 4.20. The second-order valence-corrected chi connectivity index (χ2v) is 4.01. The van der Waals surface area contributed by atoms with Gasteiger partial charge in [-0.15, -0.1) is 0 Å². The van der Waals surface area contributed by atoms with Crippen molar-refractivity contribution in [1.82, 2.24) is 4.98 Å². The molecular formula is C6H5BrClNO2S. The molecule has 0 radical (unpaired) electrons. The zero-order chi connectivity index (χ0) is 9.14. The van der Waals surface area contributed by atoms with Crippen molar-refractivity contribution in [3.63, 3.8) is 0 Å². The van der Waals surface area contributed by atoms with E-state index < -0.39 is 5.97 Å². The Morgan fingerprint density at radius 1 is 1.83 bits per heavy atom. The normalized spacial score (nSPS) is 9.92. The summed E-state index contributed by atoms with van der Waals surface area (Å²) in [6, 6.07) is 0. The Balaban J connectivity index is 3.04. The summed E-state index contributed by atoms with van der Waals surface area (Å²) in [7, 11) is 1.33. The molecule has 0 fully saturated rings. The first kappa shape index (κ1) is 9.95. The SMILES string of the molecule is COC(=O)c1sc(Cl)nc1CBr. The number of ether oxygens (including phenoxy) is 1. The van der Waals surface area contributed by atoms with Gasteiger partial charge in [-0.25, -0.2) is 9.78 Å². The van der Waals surface area contributed by atoms with Gasteiger partial charge in [0, 0.05) is 5.33 Å². The molecule has 0 atom stereocenters. The van der Waals surface area contributed by atoms with Crippen LogP contribution in [0.15, 0.2) is 0 Å². The number of hydrogen-bond acceptors (Lipinski definition) is 4. The van der Waals surface area contributed by atoms with Crippen LogP contribution in [-0.2, 0) is 10.1 Å². The van der Waals surface area contributed by atoms with E-state index in [1.807, 2.05) is 0 Å². The Morgan fingerprint density at radius 3 is 3.00 bits per heavy atom. The fourth-order valence-electron chi connectivity index (χ4n) is 0.666. The van der Waals surface area contributed by atoms with Crippen LogP contribution in [0.25, 0.3) is 0 Å². The Kier molecular flexibility index (Phi) is 3.49. The van der Waals surface area contributed by atoms with Crippen molar-refractivity contribution in [3.8, 4) is 0 Å². The van der Waals surface area contributed by atoms with Crippen molar-refractivity contribution in [2.75, 3.05) is 7.11 Å². The molecule has 0 bridgehead atoms. The molecule has 12 heavy (non-hydrogen) atoms. The number of halogens is 2. The molecule has 1 aromatic heterocycles. The molecule has 0 unspecified atom stereocenters. The van der Waals surface area contributed by atoms with Gasteiger partial charge >= 0.3 is 5.97 Å². The molecule has 66 valence electrons. The second-order valence-electron chi connectivity index (χ2n) is 1.87. The summed E-state index contributed by atoms with van der Waals surface area (Å²) in [6.45, 7) is 0. The summed E-state index contributed by atoms with van der Waals surface area (Å²) in [6.07, 6.45) is 0. The number of methoxy groups -OCH3 is 1. The number of thiazole rings is 1. The van der Waals surface area contributed by atoms with Gasteiger partial charge in [-0.05, 0) is 0 Å². The van der Waals surface area contributed by atoms with E-state index in [1.165, 1.54) is 7.11 Å². The van der Waals surface area contributed by atoms with Gasteiger partial charge in [-0.3, -0.25) is 0 Å².